The molecule has 0 unspecified atom stereocenters. The van der Waals surface area contributed by atoms with Gasteiger partial charge < -0.3 is 15.2 Å². The molecule has 0 aliphatic carbocycles. The maximum absolute atomic E-state index is 13.4. The first-order valence-electron chi connectivity index (χ1n) is 8.09. The maximum atomic E-state index is 13.4. The molecule has 1 aliphatic rings. The molecule has 2 atom stereocenters. The van der Waals surface area contributed by atoms with Crippen LogP contribution in [-0.2, 0) is 4.79 Å². The second kappa shape index (κ2) is 8.65. The first kappa shape index (κ1) is 20.9. The number of β-amino-alcohol motifs (C(OH)–C–C–N with tert-alkyl or cyclic N) is 1. The number of carbonyl (C=O) groups is 2. The van der Waals surface area contributed by atoms with Crippen molar-refractivity contribution in [2.75, 3.05) is 13.2 Å². The molecular weight excluding hydrogens is 478 g/mol. The summed E-state index contributed by atoms with van der Waals surface area (Å²) in [5.74, 6) is -0.757. The summed E-state index contributed by atoms with van der Waals surface area (Å²) in [5.41, 5.74) is 0.422. The fraction of sp³-hybridized carbons (Fsp3) is 0.222. The van der Waals surface area contributed by atoms with Crippen molar-refractivity contribution in [3.63, 3.8) is 0 Å². The highest BCUT2D eigenvalue weighted by molar-refractivity contribution is 9.10. The lowest BCUT2D eigenvalue weighted by Crippen LogP contribution is -2.39. The van der Waals surface area contributed by atoms with E-state index in [0.29, 0.717) is 15.6 Å². The van der Waals surface area contributed by atoms with Crippen LogP contribution in [-0.4, -0.2) is 41.2 Å². The number of hydrogen-bond donors (Lipinski definition) is 2. The second-order valence-electron chi connectivity index (χ2n) is 6.04. The third kappa shape index (κ3) is 4.57. The number of carbonyl (C=O) groups excluding carboxylic acids is 2. The lowest BCUT2D eigenvalue weighted by atomic mass is 10.1. The van der Waals surface area contributed by atoms with E-state index in [9.17, 15) is 19.1 Å². The first-order valence-corrected chi connectivity index (χ1v) is 9.64. The van der Waals surface area contributed by atoms with Gasteiger partial charge in [0, 0.05) is 11.1 Å². The van der Waals surface area contributed by atoms with Crippen LogP contribution in [0.15, 0.2) is 40.9 Å². The van der Waals surface area contributed by atoms with E-state index >= 15 is 0 Å². The van der Waals surface area contributed by atoms with Crippen LogP contribution in [0.1, 0.15) is 11.6 Å². The summed E-state index contributed by atoms with van der Waals surface area (Å²) in [6.45, 7) is -0.481. The number of halogens is 4. The number of benzene rings is 2. The van der Waals surface area contributed by atoms with Crippen molar-refractivity contribution in [3.05, 3.63) is 62.3 Å². The Hall–Kier alpha value is -1.87. The fourth-order valence-corrected chi connectivity index (χ4v) is 3.38. The zero-order chi connectivity index (χ0) is 20.4. The van der Waals surface area contributed by atoms with Gasteiger partial charge in [-0.05, 0) is 45.8 Å². The van der Waals surface area contributed by atoms with Crippen molar-refractivity contribution in [2.24, 2.45) is 0 Å². The minimum Gasteiger partial charge on any atom is -0.489 e. The summed E-state index contributed by atoms with van der Waals surface area (Å²) >= 11 is 14.9. The van der Waals surface area contributed by atoms with Crippen LogP contribution in [0.3, 0.4) is 0 Å². The number of ether oxygens (including phenoxy) is 1. The molecule has 2 N–H and O–H groups in total. The smallest absolute Gasteiger partial charge is 0.325 e. The molecule has 3 rings (SSSR count). The molecule has 1 heterocycles. The van der Waals surface area contributed by atoms with E-state index in [1.165, 1.54) is 24.3 Å². The van der Waals surface area contributed by atoms with Crippen molar-refractivity contribution in [2.45, 2.75) is 12.1 Å². The molecule has 6 nitrogen and oxygen atoms in total. The summed E-state index contributed by atoms with van der Waals surface area (Å²) < 4.78 is 19.0. The number of amides is 3. The van der Waals surface area contributed by atoms with Crippen molar-refractivity contribution in [1.82, 2.24) is 10.2 Å². The fourth-order valence-electron chi connectivity index (χ4n) is 2.65. The van der Waals surface area contributed by atoms with E-state index in [4.69, 9.17) is 27.9 Å². The second-order valence-corrected chi connectivity index (χ2v) is 7.74. The molecule has 1 aliphatic heterocycles. The van der Waals surface area contributed by atoms with E-state index < -0.39 is 29.9 Å². The highest BCUT2D eigenvalue weighted by Gasteiger charge is 2.40. The summed E-state index contributed by atoms with van der Waals surface area (Å²) in [6.07, 6.45) is -1.15. The molecule has 0 aromatic heterocycles. The van der Waals surface area contributed by atoms with Gasteiger partial charge in [-0.3, -0.25) is 9.69 Å². The molecule has 1 fully saturated rings. The maximum Gasteiger partial charge on any atom is 0.325 e. The summed E-state index contributed by atoms with van der Waals surface area (Å²) in [6, 6.07) is 7.04. The number of aliphatic hydroxyl groups excluding tert-OH is 1. The minimum absolute atomic E-state index is 0.178. The Bertz CT molecular complexity index is 930. The molecule has 148 valence electrons. The first-order chi connectivity index (χ1) is 13.3. The number of nitrogens with zero attached hydrogens (tertiary/aromatic N) is 1. The third-order valence-corrected chi connectivity index (χ3v) is 5.18. The van der Waals surface area contributed by atoms with Gasteiger partial charge in [-0.15, -0.1) is 0 Å². The number of rotatable bonds is 6. The van der Waals surface area contributed by atoms with Crippen molar-refractivity contribution >= 4 is 51.1 Å². The van der Waals surface area contributed by atoms with Gasteiger partial charge >= 0.3 is 6.03 Å². The zero-order valence-corrected chi connectivity index (χ0v) is 17.3. The van der Waals surface area contributed by atoms with E-state index in [1.807, 2.05) is 0 Å². The van der Waals surface area contributed by atoms with E-state index in [1.54, 1.807) is 12.1 Å². The largest absolute Gasteiger partial charge is 0.489 e. The molecule has 2 aromatic carbocycles. The van der Waals surface area contributed by atoms with Crippen LogP contribution in [0.5, 0.6) is 5.75 Å². The SMILES string of the molecule is O=C1N[C@@H](c2ccc(F)c(Br)c2)C(=O)N1C[C@@H](O)COc1cc(Cl)ccc1Cl. The Morgan fingerprint density at radius 2 is 2.00 bits per heavy atom. The van der Waals surface area contributed by atoms with Crippen molar-refractivity contribution in [3.8, 4) is 5.75 Å². The number of urea groups is 1. The van der Waals surface area contributed by atoms with Crippen LogP contribution in [0.25, 0.3) is 0 Å². The van der Waals surface area contributed by atoms with Crippen LogP contribution in [0, 0.1) is 5.82 Å². The molecule has 10 heteroatoms. The third-order valence-electron chi connectivity index (χ3n) is 4.02. The van der Waals surface area contributed by atoms with Gasteiger partial charge in [0.2, 0.25) is 0 Å². The Morgan fingerprint density at radius 1 is 1.25 bits per heavy atom. The number of hydrogen-bond acceptors (Lipinski definition) is 4. The van der Waals surface area contributed by atoms with Gasteiger partial charge in [0.1, 0.15) is 30.3 Å². The average Bonchev–Trinajstić information content (AvgIpc) is 2.93. The van der Waals surface area contributed by atoms with Gasteiger partial charge in [0.05, 0.1) is 16.0 Å². The van der Waals surface area contributed by atoms with Gasteiger partial charge in [-0.2, -0.15) is 0 Å². The monoisotopic (exact) mass is 490 g/mol. The van der Waals surface area contributed by atoms with Crippen molar-refractivity contribution < 1.29 is 23.8 Å². The molecule has 28 heavy (non-hydrogen) atoms. The molecular formula is C18H14BrCl2FN2O4. The molecule has 2 aromatic rings. The van der Waals surface area contributed by atoms with Crippen LogP contribution < -0.4 is 10.1 Å². The number of nitrogens with one attached hydrogen (secondary N) is 1. The van der Waals surface area contributed by atoms with E-state index in [2.05, 4.69) is 21.2 Å². The summed E-state index contributed by atoms with van der Waals surface area (Å²) in [5, 5.41) is 13.4. The van der Waals surface area contributed by atoms with E-state index in [0.717, 1.165) is 4.90 Å². The predicted octanol–water partition coefficient (Wildman–Crippen LogP) is 3.93. The molecule has 0 radical (unpaired) electrons. The van der Waals surface area contributed by atoms with Crippen LogP contribution in [0.2, 0.25) is 10.0 Å². The van der Waals surface area contributed by atoms with E-state index in [-0.39, 0.29) is 23.4 Å². The molecule has 0 bridgehead atoms. The Labute approximate surface area is 178 Å². The van der Waals surface area contributed by atoms with Crippen LogP contribution >= 0.6 is 39.1 Å². The zero-order valence-electron chi connectivity index (χ0n) is 14.2. The minimum atomic E-state index is -1.15. The molecule has 0 saturated carbocycles. The summed E-state index contributed by atoms with van der Waals surface area (Å²) in [7, 11) is 0. The Morgan fingerprint density at radius 3 is 2.71 bits per heavy atom. The highest BCUT2D eigenvalue weighted by atomic mass is 79.9. The quantitative estimate of drug-likeness (QED) is 0.600. The Kier molecular flexibility index (Phi) is 6.44. The average molecular weight is 492 g/mol. The summed E-state index contributed by atoms with van der Waals surface area (Å²) in [4.78, 5) is 25.6. The highest BCUT2D eigenvalue weighted by Crippen LogP contribution is 2.28. The van der Waals surface area contributed by atoms with Gasteiger partial charge in [0.25, 0.3) is 5.91 Å². The number of imide groups is 1. The Balaban J connectivity index is 1.63. The topological polar surface area (TPSA) is 78.9 Å². The standard InChI is InChI=1S/C18H14BrCl2FN2O4/c19-12-5-9(1-4-14(12)22)16-17(26)24(18(27)23-16)7-11(25)8-28-15-6-10(20)2-3-13(15)21/h1-6,11,16,25H,7-8H2,(H,23,27)/t11-,16+/m1/s1. The van der Waals surface area contributed by atoms with Crippen LogP contribution in [0.4, 0.5) is 9.18 Å². The molecule has 3 amide bonds. The predicted molar refractivity (Wildman–Crippen MR) is 105 cm³/mol. The van der Waals surface area contributed by atoms with Crippen molar-refractivity contribution in [1.29, 1.82) is 0 Å². The number of aliphatic hydroxyl groups is 1. The van der Waals surface area contributed by atoms with Gasteiger partial charge in [0.15, 0.2) is 0 Å². The normalized spacial score (nSPS) is 17.6. The lowest BCUT2D eigenvalue weighted by molar-refractivity contribution is -0.128. The van der Waals surface area contributed by atoms with Gasteiger partial charge in [-0.25, -0.2) is 9.18 Å². The van der Waals surface area contributed by atoms with Gasteiger partial charge in [-0.1, -0.05) is 29.3 Å². The lowest BCUT2D eigenvalue weighted by Gasteiger charge is -2.18. The molecule has 0 spiro atoms. The molecule has 1 saturated heterocycles.